The van der Waals surface area contributed by atoms with E-state index in [1.54, 1.807) is 31.2 Å². The Morgan fingerprint density at radius 2 is 1.85 bits per heavy atom. The highest BCUT2D eigenvalue weighted by molar-refractivity contribution is 6.10. The van der Waals surface area contributed by atoms with Crippen LogP contribution in [0.15, 0.2) is 24.3 Å². The summed E-state index contributed by atoms with van der Waals surface area (Å²) < 4.78 is 0. The molecule has 0 unspecified atom stereocenters. The molecule has 3 rings (SSSR count). The zero-order valence-corrected chi connectivity index (χ0v) is 14.5. The standard InChI is InChI=1S/C18H21N3O5/c1-11-8-20(9-12(11)18(25)26)16(23)6-7-17(24)21-10-15(22)19-13-4-2-3-5-14(13)21/h2-5,11-12H,6-10H2,1H3,(H,19,22)(H,25,26)/t11-,12-/m1/s1. The molecular weight excluding hydrogens is 338 g/mol. The normalized spacial score (nSPS) is 22.0. The van der Waals surface area contributed by atoms with Crippen molar-refractivity contribution in [1.82, 2.24) is 4.90 Å². The number of carboxylic acid groups (broad SMARTS) is 1. The second-order valence-corrected chi connectivity index (χ2v) is 6.77. The molecule has 8 nitrogen and oxygen atoms in total. The van der Waals surface area contributed by atoms with Crippen LogP contribution in [0.5, 0.6) is 0 Å². The Hall–Kier alpha value is -2.90. The van der Waals surface area contributed by atoms with E-state index in [-0.39, 0.29) is 49.6 Å². The van der Waals surface area contributed by atoms with Gasteiger partial charge in [-0.3, -0.25) is 19.2 Å². The minimum atomic E-state index is -0.903. The molecule has 2 atom stereocenters. The largest absolute Gasteiger partial charge is 0.481 e. The van der Waals surface area contributed by atoms with Crippen molar-refractivity contribution in [1.29, 1.82) is 0 Å². The Morgan fingerprint density at radius 1 is 1.15 bits per heavy atom. The fourth-order valence-electron chi connectivity index (χ4n) is 3.45. The number of rotatable bonds is 4. The summed E-state index contributed by atoms with van der Waals surface area (Å²) in [7, 11) is 0. The number of hydrogen-bond acceptors (Lipinski definition) is 4. The maximum Gasteiger partial charge on any atom is 0.308 e. The van der Waals surface area contributed by atoms with Crippen molar-refractivity contribution in [3.8, 4) is 0 Å². The Labute approximate surface area is 150 Å². The fraction of sp³-hybridized carbons (Fsp3) is 0.444. The van der Waals surface area contributed by atoms with Crippen LogP contribution < -0.4 is 10.2 Å². The maximum absolute atomic E-state index is 12.5. The van der Waals surface area contributed by atoms with Crippen LogP contribution in [-0.4, -0.2) is 53.3 Å². The minimum absolute atomic E-state index is 0.00181. The van der Waals surface area contributed by atoms with E-state index in [0.717, 1.165) is 0 Å². The van der Waals surface area contributed by atoms with E-state index in [4.69, 9.17) is 5.11 Å². The van der Waals surface area contributed by atoms with Crippen LogP contribution in [0.3, 0.4) is 0 Å². The molecule has 2 heterocycles. The van der Waals surface area contributed by atoms with E-state index >= 15 is 0 Å². The number of carbonyl (C=O) groups excluding carboxylic acids is 3. The first-order valence-corrected chi connectivity index (χ1v) is 8.56. The number of aliphatic carboxylic acids is 1. The topological polar surface area (TPSA) is 107 Å². The molecule has 0 aromatic heterocycles. The van der Waals surface area contributed by atoms with E-state index in [9.17, 15) is 19.2 Å². The molecule has 2 aliphatic rings. The highest BCUT2D eigenvalue weighted by Crippen LogP contribution is 2.29. The summed E-state index contributed by atoms with van der Waals surface area (Å²) in [5, 5.41) is 11.9. The number of nitrogens with zero attached hydrogens (tertiary/aromatic N) is 2. The van der Waals surface area contributed by atoms with Crippen LogP contribution in [0.2, 0.25) is 0 Å². The highest BCUT2D eigenvalue weighted by Gasteiger charge is 2.37. The Balaban J connectivity index is 1.60. The van der Waals surface area contributed by atoms with Crippen molar-refractivity contribution in [3.63, 3.8) is 0 Å². The van der Waals surface area contributed by atoms with Crippen LogP contribution in [0.25, 0.3) is 0 Å². The van der Waals surface area contributed by atoms with Crippen LogP contribution >= 0.6 is 0 Å². The fourth-order valence-corrected chi connectivity index (χ4v) is 3.45. The summed E-state index contributed by atoms with van der Waals surface area (Å²) in [5.41, 5.74) is 1.19. The van der Waals surface area contributed by atoms with Gasteiger partial charge in [0.25, 0.3) is 0 Å². The summed E-state index contributed by atoms with van der Waals surface area (Å²) >= 11 is 0. The number of carboxylic acids is 1. The van der Waals surface area contributed by atoms with E-state index in [2.05, 4.69) is 5.32 Å². The molecule has 26 heavy (non-hydrogen) atoms. The summed E-state index contributed by atoms with van der Waals surface area (Å²) in [6, 6.07) is 7.01. The van der Waals surface area contributed by atoms with Gasteiger partial charge in [-0.15, -0.1) is 0 Å². The highest BCUT2D eigenvalue weighted by atomic mass is 16.4. The molecule has 1 fully saturated rings. The van der Waals surface area contributed by atoms with E-state index in [0.29, 0.717) is 17.9 Å². The predicted octanol–water partition coefficient (Wildman–Crippen LogP) is 0.931. The van der Waals surface area contributed by atoms with Crippen LogP contribution in [0.4, 0.5) is 11.4 Å². The molecule has 0 radical (unpaired) electrons. The van der Waals surface area contributed by atoms with Gasteiger partial charge in [-0.05, 0) is 18.1 Å². The number of benzene rings is 1. The van der Waals surface area contributed by atoms with Crippen molar-refractivity contribution in [2.45, 2.75) is 19.8 Å². The summed E-state index contributed by atoms with van der Waals surface area (Å²) in [6.45, 7) is 2.30. The molecule has 2 N–H and O–H groups in total. The molecule has 2 aliphatic heterocycles. The monoisotopic (exact) mass is 359 g/mol. The van der Waals surface area contributed by atoms with Gasteiger partial charge in [-0.25, -0.2) is 0 Å². The molecule has 1 saturated heterocycles. The van der Waals surface area contributed by atoms with E-state index in [1.165, 1.54) is 9.80 Å². The number of anilines is 2. The first-order chi connectivity index (χ1) is 12.4. The van der Waals surface area contributed by atoms with Crippen LogP contribution in [0, 0.1) is 11.8 Å². The van der Waals surface area contributed by atoms with Crippen LogP contribution in [0.1, 0.15) is 19.8 Å². The van der Waals surface area contributed by atoms with Crippen molar-refractivity contribution < 1.29 is 24.3 Å². The maximum atomic E-state index is 12.5. The van der Waals surface area contributed by atoms with E-state index < -0.39 is 11.9 Å². The molecule has 0 spiro atoms. The molecule has 0 saturated carbocycles. The second-order valence-electron chi connectivity index (χ2n) is 6.77. The summed E-state index contributed by atoms with van der Waals surface area (Å²) in [4.78, 5) is 50.7. The van der Waals surface area contributed by atoms with Gasteiger partial charge in [-0.2, -0.15) is 0 Å². The average Bonchev–Trinajstić information content (AvgIpc) is 3.00. The van der Waals surface area contributed by atoms with Crippen LogP contribution in [-0.2, 0) is 19.2 Å². The van der Waals surface area contributed by atoms with Crippen molar-refractivity contribution >= 4 is 35.1 Å². The molecule has 138 valence electrons. The number of amides is 3. The third kappa shape index (κ3) is 3.54. The lowest BCUT2D eigenvalue weighted by atomic mass is 9.99. The number of fused-ring (bicyclic) bond motifs is 1. The van der Waals surface area contributed by atoms with Gasteiger partial charge in [0.2, 0.25) is 17.7 Å². The first kappa shape index (κ1) is 17.9. The Kier molecular flexibility index (Phi) is 4.92. The lowest BCUT2D eigenvalue weighted by molar-refractivity contribution is -0.142. The van der Waals surface area contributed by atoms with Gasteiger partial charge >= 0.3 is 5.97 Å². The summed E-state index contributed by atoms with van der Waals surface area (Å²) in [5.74, 6) is -2.38. The second kappa shape index (κ2) is 7.15. The molecule has 3 amide bonds. The van der Waals surface area contributed by atoms with E-state index in [1.807, 2.05) is 0 Å². The SMILES string of the molecule is C[C@@H]1CN(C(=O)CCC(=O)N2CC(=O)Nc3ccccc32)C[C@H]1C(=O)O. The van der Waals surface area contributed by atoms with Crippen molar-refractivity contribution in [2.75, 3.05) is 29.9 Å². The average molecular weight is 359 g/mol. The first-order valence-electron chi connectivity index (χ1n) is 8.56. The van der Waals surface area contributed by atoms with Gasteiger partial charge < -0.3 is 20.2 Å². The smallest absolute Gasteiger partial charge is 0.308 e. The molecule has 8 heteroatoms. The zero-order chi connectivity index (χ0) is 18.8. The molecule has 0 aliphatic carbocycles. The number of carbonyl (C=O) groups is 4. The Morgan fingerprint density at radius 3 is 2.54 bits per heavy atom. The molecule has 0 bridgehead atoms. The third-order valence-electron chi connectivity index (χ3n) is 4.91. The van der Waals surface area contributed by atoms with Crippen molar-refractivity contribution in [2.24, 2.45) is 11.8 Å². The number of para-hydroxylation sites is 2. The van der Waals surface area contributed by atoms with Gasteiger partial charge in [0.15, 0.2) is 0 Å². The minimum Gasteiger partial charge on any atom is -0.481 e. The van der Waals surface area contributed by atoms with Gasteiger partial charge in [-0.1, -0.05) is 19.1 Å². The summed E-state index contributed by atoms with van der Waals surface area (Å²) in [6.07, 6.45) is -0.0265. The molecule has 1 aromatic rings. The molecule has 1 aromatic carbocycles. The molecular formula is C18H21N3O5. The van der Waals surface area contributed by atoms with Gasteiger partial charge in [0.1, 0.15) is 6.54 Å². The lowest BCUT2D eigenvalue weighted by Gasteiger charge is -2.29. The van der Waals surface area contributed by atoms with Gasteiger partial charge in [0, 0.05) is 25.9 Å². The number of hydrogen-bond donors (Lipinski definition) is 2. The Bertz CT molecular complexity index is 763. The lowest BCUT2D eigenvalue weighted by Crippen LogP contribution is -2.42. The number of nitrogens with one attached hydrogen (secondary N) is 1. The number of likely N-dealkylation sites (tertiary alicyclic amines) is 1. The quantitative estimate of drug-likeness (QED) is 0.832. The van der Waals surface area contributed by atoms with Crippen molar-refractivity contribution in [3.05, 3.63) is 24.3 Å². The van der Waals surface area contributed by atoms with Gasteiger partial charge in [0.05, 0.1) is 17.3 Å². The third-order valence-corrected chi connectivity index (χ3v) is 4.91. The predicted molar refractivity (Wildman–Crippen MR) is 93.5 cm³/mol. The zero-order valence-electron chi connectivity index (χ0n) is 14.5.